The van der Waals surface area contributed by atoms with Gasteiger partial charge in [0, 0.05) is 18.9 Å². The monoisotopic (exact) mass is 405 g/mol. The van der Waals surface area contributed by atoms with Crippen LogP contribution in [0.25, 0.3) is 11.0 Å². The zero-order valence-corrected chi connectivity index (χ0v) is 17.9. The molecule has 3 aromatic rings. The Bertz CT molecular complexity index is 1060. The molecule has 1 fully saturated rings. The van der Waals surface area contributed by atoms with Gasteiger partial charge in [-0.15, -0.1) is 0 Å². The Morgan fingerprint density at radius 1 is 1.30 bits per heavy atom. The minimum atomic E-state index is -0.403. The van der Waals surface area contributed by atoms with Gasteiger partial charge in [0.05, 0.1) is 17.1 Å². The largest absolute Gasteiger partial charge is 0.325 e. The summed E-state index contributed by atoms with van der Waals surface area (Å²) in [4.78, 5) is 15.5. The van der Waals surface area contributed by atoms with Crippen LogP contribution < -0.4 is 0 Å². The van der Waals surface area contributed by atoms with Crippen molar-refractivity contribution in [1.29, 1.82) is 5.26 Å². The number of aromatic nitrogens is 2. The highest BCUT2D eigenvalue weighted by molar-refractivity contribution is 5.79. The van der Waals surface area contributed by atoms with E-state index in [1.165, 1.54) is 18.1 Å². The molecule has 0 spiro atoms. The topological polar surface area (TPSA) is 58.7 Å². The molecule has 1 aromatic heterocycles. The predicted octanol–water partition coefficient (Wildman–Crippen LogP) is 6.24. The van der Waals surface area contributed by atoms with E-state index in [4.69, 9.17) is 5.26 Å². The number of aryl methyl sites for hydroxylation is 1. The van der Waals surface area contributed by atoms with Crippen molar-refractivity contribution in [3.63, 3.8) is 0 Å². The van der Waals surface area contributed by atoms with Gasteiger partial charge in [-0.05, 0) is 49.8 Å². The molecule has 156 valence electrons. The summed E-state index contributed by atoms with van der Waals surface area (Å²) in [5.74, 6) is 1.13. The number of fused-ring (bicyclic) bond motifs is 1. The molecule has 1 aliphatic carbocycles. The molecule has 1 unspecified atom stereocenters. The third kappa shape index (κ3) is 4.76. The molecule has 0 bridgehead atoms. The summed E-state index contributed by atoms with van der Waals surface area (Å²) >= 11 is 0. The highest BCUT2D eigenvalue weighted by Crippen LogP contribution is 2.36. The summed E-state index contributed by atoms with van der Waals surface area (Å²) in [6.45, 7) is 5.91. The second-order valence-electron chi connectivity index (χ2n) is 7.96. The van der Waals surface area contributed by atoms with Crippen LogP contribution in [0.5, 0.6) is 0 Å². The molecule has 0 amide bonds. The number of halogens is 1. The Hall–Kier alpha value is -3.00. The fourth-order valence-electron chi connectivity index (χ4n) is 3.82. The molecule has 0 saturated heterocycles. The van der Waals surface area contributed by atoms with E-state index in [0.29, 0.717) is 41.7 Å². The summed E-state index contributed by atoms with van der Waals surface area (Å²) in [6.07, 6.45) is 4.76. The molecule has 2 aromatic carbocycles. The number of carbonyl (C=O) groups is 1. The first kappa shape index (κ1) is 21.7. The second kappa shape index (κ2) is 9.67. The Morgan fingerprint density at radius 3 is 2.57 bits per heavy atom. The number of benzene rings is 2. The number of hydrogen-bond acceptors (Lipinski definition) is 3. The number of imidazole rings is 1. The van der Waals surface area contributed by atoms with Crippen LogP contribution in [-0.2, 0) is 4.79 Å². The molecule has 1 heterocycles. The molecule has 0 N–H and O–H groups in total. The van der Waals surface area contributed by atoms with Gasteiger partial charge in [0.15, 0.2) is 5.82 Å². The Balaban J connectivity index is 0.000000178. The van der Waals surface area contributed by atoms with Crippen molar-refractivity contribution in [3.8, 4) is 6.07 Å². The van der Waals surface area contributed by atoms with Gasteiger partial charge in [0.25, 0.3) is 0 Å². The number of Topliss-reactive ketones (excluding diaryl/α,β-unsaturated/α-hetero) is 1. The molecule has 4 nitrogen and oxygen atoms in total. The summed E-state index contributed by atoms with van der Waals surface area (Å²) in [6, 6.07) is 15.6. The van der Waals surface area contributed by atoms with Crippen LogP contribution in [0, 0.1) is 24.1 Å². The molecular weight excluding hydrogens is 377 g/mol. The molecule has 4 rings (SSSR count). The van der Waals surface area contributed by atoms with Crippen molar-refractivity contribution in [1.82, 2.24) is 9.55 Å². The van der Waals surface area contributed by atoms with E-state index < -0.39 is 5.82 Å². The molecule has 0 aliphatic heterocycles. The summed E-state index contributed by atoms with van der Waals surface area (Å²) in [5.41, 5.74) is 2.75. The van der Waals surface area contributed by atoms with E-state index in [1.54, 1.807) is 6.07 Å². The van der Waals surface area contributed by atoms with Crippen LogP contribution in [0.2, 0.25) is 0 Å². The average Bonchev–Trinajstić information content (AvgIpc) is 3.04. The zero-order valence-electron chi connectivity index (χ0n) is 17.9. The van der Waals surface area contributed by atoms with Crippen LogP contribution >= 0.6 is 0 Å². The van der Waals surface area contributed by atoms with Gasteiger partial charge < -0.3 is 4.57 Å². The fraction of sp³-hybridized carbons (Fsp3) is 0.400. The van der Waals surface area contributed by atoms with Gasteiger partial charge in [-0.25, -0.2) is 9.37 Å². The first-order chi connectivity index (χ1) is 14.4. The first-order valence-electron chi connectivity index (χ1n) is 10.6. The molecule has 1 aliphatic rings. The van der Waals surface area contributed by atoms with Gasteiger partial charge in [-0.1, -0.05) is 44.2 Å². The van der Waals surface area contributed by atoms with Crippen LogP contribution in [0.1, 0.15) is 74.9 Å². The highest BCUT2D eigenvalue weighted by atomic mass is 19.1. The highest BCUT2D eigenvalue weighted by Gasteiger charge is 2.24. The molecule has 1 saturated carbocycles. The average molecular weight is 406 g/mol. The summed E-state index contributed by atoms with van der Waals surface area (Å²) in [7, 11) is 0. The quantitative estimate of drug-likeness (QED) is 0.505. The van der Waals surface area contributed by atoms with Crippen molar-refractivity contribution in [2.75, 3.05) is 0 Å². The lowest BCUT2D eigenvalue weighted by Gasteiger charge is -2.28. The SMILES string of the molecule is CCC(=O)CC(C)c1ccccc1.Cc1nc2c(F)cc(C#N)cc2n1C1CCC1. The van der Waals surface area contributed by atoms with Gasteiger partial charge in [0.2, 0.25) is 0 Å². The van der Waals surface area contributed by atoms with Crippen molar-refractivity contribution in [3.05, 3.63) is 65.2 Å². The van der Waals surface area contributed by atoms with E-state index in [-0.39, 0.29) is 0 Å². The molecule has 1 atom stereocenters. The van der Waals surface area contributed by atoms with Crippen LogP contribution in [0.4, 0.5) is 4.39 Å². The normalized spacial score (nSPS) is 14.4. The molecule has 0 radical (unpaired) electrons. The van der Waals surface area contributed by atoms with E-state index in [1.807, 2.05) is 38.1 Å². The number of ketones is 1. The van der Waals surface area contributed by atoms with Crippen molar-refractivity contribution >= 4 is 16.8 Å². The van der Waals surface area contributed by atoms with Crippen LogP contribution in [-0.4, -0.2) is 15.3 Å². The lowest BCUT2D eigenvalue weighted by atomic mass is 9.92. The lowest BCUT2D eigenvalue weighted by molar-refractivity contribution is -0.119. The molecular formula is C25H28FN3O. The third-order valence-electron chi connectivity index (χ3n) is 5.79. The lowest BCUT2D eigenvalue weighted by Crippen LogP contribution is -2.18. The fourth-order valence-corrected chi connectivity index (χ4v) is 3.82. The number of hydrogen-bond donors (Lipinski definition) is 0. The van der Waals surface area contributed by atoms with Crippen LogP contribution in [0.15, 0.2) is 42.5 Å². The first-order valence-corrected chi connectivity index (χ1v) is 10.6. The Morgan fingerprint density at radius 2 is 2.00 bits per heavy atom. The van der Waals surface area contributed by atoms with Crippen molar-refractivity contribution in [2.45, 2.75) is 64.8 Å². The third-order valence-corrected chi connectivity index (χ3v) is 5.79. The Labute approximate surface area is 177 Å². The van der Waals surface area contributed by atoms with Crippen LogP contribution in [0.3, 0.4) is 0 Å². The number of carbonyl (C=O) groups excluding carboxylic acids is 1. The van der Waals surface area contributed by atoms with E-state index in [0.717, 1.165) is 24.2 Å². The maximum atomic E-state index is 13.8. The molecule has 30 heavy (non-hydrogen) atoms. The summed E-state index contributed by atoms with van der Waals surface area (Å²) in [5, 5.41) is 8.88. The summed E-state index contributed by atoms with van der Waals surface area (Å²) < 4.78 is 15.9. The predicted molar refractivity (Wildman–Crippen MR) is 117 cm³/mol. The minimum absolute atomic E-state index is 0.344. The minimum Gasteiger partial charge on any atom is -0.325 e. The van der Waals surface area contributed by atoms with E-state index in [2.05, 4.69) is 28.6 Å². The van der Waals surface area contributed by atoms with Gasteiger partial charge in [0.1, 0.15) is 17.1 Å². The van der Waals surface area contributed by atoms with E-state index >= 15 is 0 Å². The van der Waals surface area contributed by atoms with Gasteiger partial charge in [-0.3, -0.25) is 4.79 Å². The van der Waals surface area contributed by atoms with Crippen molar-refractivity contribution in [2.24, 2.45) is 0 Å². The van der Waals surface area contributed by atoms with Gasteiger partial charge in [-0.2, -0.15) is 5.26 Å². The molecule has 5 heteroatoms. The zero-order chi connectivity index (χ0) is 21.7. The number of rotatable bonds is 5. The van der Waals surface area contributed by atoms with Crippen molar-refractivity contribution < 1.29 is 9.18 Å². The Kier molecular flexibility index (Phi) is 6.99. The smallest absolute Gasteiger partial charge is 0.152 e. The maximum absolute atomic E-state index is 13.8. The number of nitriles is 1. The van der Waals surface area contributed by atoms with Gasteiger partial charge >= 0.3 is 0 Å². The second-order valence-corrected chi connectivity index (χ2v) is 7.96. The standard InChI is InChI=1S/C13H12FN3.C12H16O/c1-8-16-13-11(14)5-9(7-15)6-12(13)17(8)10-3-2-4-10;1-3-12(13)9-10(2)11-7-5-4-6-8-11/h5-6,10H,2-4H2,1H3;4-8,10H,3,9H2,1-2H3. The maximum Gasteiger partial charge on any atom is 0.152 e. The number of nitrogens with zero attached hydrogens (tertiary/aromatic N) is 3. The van der Waals surface area contributed by atoms with E-state index in [9.17, 15) is 9.18 Å².